The number of benzene rings is 2. The number of aryl methyl sites for hydroxylation is 2. The van der Waals surface area contributed by atoms with Crippen molar-refractivity contribution in [1.29, 1.82) is 0 Å². The Hall–Kier alpha value is -2.55. The van der Waals surface area contributed by atoms with Gasteiger partial charge in [-0.3, -0.25) is 0 Å². The van der Waals surface area contributed by atoms with Crippen molar-refractivity contribution in [3.05, 3.63) is 65.5 Å². The van der Waals surface area contributed by atoms with Crippen LogP contribution in [0.15, 0.2) is 48.5 Å². The predicted octanol–water partition coefficient (Wildman–Crippen LogP) is 5.20. The number of hydrogen-bond acceptors (Lipinski definition) is 3. The third kappa shape index (κ3) is 3.51. The number of aromatic nitrogens is 3. The Morgan fingerprint density at radius 3 is 2.25 bits per heavy atom. The second-order valence-corrected chi connectivity index (χ2v) is 5.91. The molecule has 0 aliphatic rings. The molecule has 0 saturated carbocycles. The molecular formula is C21H23N3. The molecule has 0 spiro atoms. The monoisotopic (exact) mass is 322 g/mol. The molecule has 2 aromatic carbocycles. The lowest BCUT2D eigenvalue weighted by molar-refractivity contribution is 0.766. The van der Waals surface area contributed by atoms with Gasteiger partial charge in [-0.15, -0.1) is 0 Å². The quantitative estimate of drug-likeness (QED) is 0.662. The van der Waals surface area contributed by atoms with E-state index < -0.39 is 13.2 Å². The van der Waals surface area contributed by atoms with Crippen molar-refractivity contribution >= 4 is 0 Å². The van der Waals surface area contributed by atoms with Gasteiger partial charge < -0.3 is 0 Å². The molecule has 0 saturated heterocycles. The van der Waals surface area contributed by atoms with Crippen molar-refractivity contribution < 1.29 is 6.85 Å². The normalized spacial score (nSPS) is 15.2. The zero-order valence-corrected chi connectivity index (χ0v) is 14.0. The van der Waals surface area contributed by atoms with Gasteiger partial charge in [0.15, 0.2) is 11.6 Å². The average molecular weight is 322 g/mol. The molecule has 3 rings (SSSR count). The third-order valence-corrected chi connectivity index (χ3v) is 3.70. The van der Waals surface area contributed by atoms with Crippen molar-refractivity contribution in [2.75, 3.05) is 0 Å². The van der Waals surface area contributed by atoms with Crippen molar-refractivity contribution in [2.45, 2.75) is 39.9 Å². The summed E-state index contributed by atoms with van der Waals surface area (Å²) in [4.78, 5) is 13.7. The van der Waals surface area contributed by atoms with Crippen LogP contribution in [0.2, 0.25) is 0 Å². The molecule has 3 nitrogen and oxygen atoms in total. The van der Waals surface area contributed by atoms with Gasteiger partial charge in [0.1, 0.15) is 5.82 Å². The second-order valence-electron chi connectivity index (χ2n) is 5.91. The van der Waals surface area contributed by atoms with Crippen LogP contribution in [-0.2, 0) is 6.37 Å². The summed E-state index contributed by atoms with van der Waals surface area (Å²) in [5.41, 5.74) is 2.05. The Labute approximate surface area is 150 Å². The third-order valence-electron chi connectivity index (χ3n) is 3.70. The maximum absolute atomic E-state index is 7.96. The van der Waals surface area contributed by atoms with Crippen LogP contribution >= 0.6 is 0 Å². The van der Waals surface area contributed by atoms with E-state index in [0.717, 1.165) is 0 Å². The van der Waals surface area contributed by atoms with Crippen LogP contribution in [-0.4, -0.2) is 15.0 Å². The lowest BCUT2D eigenvalue weighted by Crippen LogP contribution is -2.04. The van der Waals surface area contributed by atoms with Crippen LogP contribution < -0.4 is 0 Å². The molecule has 0 N–H and O–H groups in total. The Balaban J connectivity index is 2.16. The summed E-state index contributed by atoms with van der Waals surface area (Å²) in [5, 5.41) is 0. The molecule has 0 atom stereocenters. The second kappa shape index (κ2) is 6.91. The molecule has 0 bridgehead atoms. The number of nitrogens with zero attached hydrogens (tertiary/aromatic N) is 3. The Morgan fingerprint density at radius 1 is 0.958 bits per heavy atom. The van der Waals surface area contributed by atoms with Crippen molar-refractivity contribution in [3.8, 4) is 22.8 Å². The Kier molecular flexibility index (Phi) is 3.19. The molecule has 3 heteroatoms. The van der Waals surface area contributed by atoms with Crippen molar-refractivity contribution in [1.82, 2.24) is 15.0 Å². The van der Waals surface area contributed by atoms with E-state index >= 15 is 0 Å². The summed E-state index contributed by atoms with van der Waals surface area (Å²) in [5.74, 6) is 1.47. The van der Waals surface area contributed by atoms with Gasteiger partial charge in [0, 0.05) is 23.9 Å². The van der Waals surface area contributed by atoms with Crippen LogP contribution in [0.4, 0.5) is 0 Å². The minimum Gasteiger partial charge on any atom is -0.213 e. The zero-order valence-electron chi connectivity index (χ0n) is 19.0. The number of hydrogen-bond donors (Lipinski definition) is 0. The maximum atomic E-state index is 7.96. The highest BCUT2D eigenvalue weighted by atomic mass is 15.0. The zero-order chi connectivity index (χ0) is 21.4. The lowest BCUT2D eigenvalue weighted by Gasteiger charge is -2.10. The largest absolute Gasteiger partial charge is 0.213 e. The minimum absolute atomic E-state index is 0.0436. The molecule has 0 unspecified atom stereocenters. The SMILES string of the molecule is [2H]C([2H])([2H])c1cccc(-c2nc(-c3cccc(C([2H])([2H])C)c3)nc(C(C)C)n2)c1. The van der Waals surface area contributed by atoms with E-state index in [4.69, 9.17) is 6.85 Å². The maximum Gasteiger partial charge on any atom is 0.163 e. The molecule has 1 aromatic heterocycles. The van der Waals surface area contributed by atoms with Gasteiger partial charge in [0.05, 0.1) is 0 Å². The summed E-state index contributed by atoms with van der Waals surface area (Å²) in [6, 6.07) is 13.7. The summed E-state index contributed by atoms with van der Waals surface area (Å²) in [6.07, 6.45) is -1.49. The van der Waals surface area contributed by atoms with Crippen molar-refractivity contribution in [3.63, 3.8) is 0 Å². The van der Waals surface area contributed by atoms with Gasteiger partial charge in [0.2, 0.25) is 0 Å². The topological polar surface area (TPSA) is 38.7 Å². The Morgan fingerprint density at radius 2 is 1.62 bits per heavy atom. The number of rotatable bonds is 4. The fraction of sp³-hybridized carbons (Fsp3) is 0.286. The smallest absolute Gasteiger partial charge is 0.163 e. The first-order chi connectivity index (χ1) is 13.4. The molecular weight excluding hydrogens is 294 g/mol. The van der Waals surface area contributed by atoms with Crippen LogP contribution in [0, 0.1) is 6.85 Å². The fourth-order valence-corrected chi connectivity index (χ4v) is 2.38. The van der Waals surface area contributed by atoms with E-state index in [0.29, 0.717) is 34.2 Å². The van der Waals surface area contributed by atoms with E-state index in [1.54, 1.807) is 42.5 Å². The van der Waals surface area contributed by atoms with Crippen LogP contribution in [0.3, 0.4) is 0 Å². The Bertz CT molecular complexity index is 948. The summed E-state index contributed by atoms with van der Waals surface area (Å²) >= 11 is 0. The standard InChI is InChI=1S/C21H23N3/c1-5-16-9-7-11-18(13-16)21-23-19(14(2)3)22-20(24-21)17-10-6-8-15(4)12-17/h6-14H,5H2,1-4H3/i4D3,5D2. The van der Waals surface area contributed by atoms with Gasteiger partial charge in [-0.05, 0) is 30.9 Å². The van der Waals surface area contributed by atoms with Crippen LogP contribution in [0.1, 0.15) is 50.5 Å². The van der Waals surface area contributed by atoms with Gasteiger partial charge in [-0.25, -0.2) is 15.0 Å². The van der Waals surface area contributed by atoms with Crippen LogP contribution in [0.25, 0.3) is 22.8 Å². The first-order valence-corrected chi connectivity index (χ1v) is 7.93. The molecule has 3 aromatic rings. The fourth-order valence-electron chi connectivity index (χ4n) is 2.38. The highest BCUT2D eigenvalue weighted by Gasteiger charge is 2.13. The highest BCUT2D eigenvalue weighted by Crippen LogP contribution is 2.24. The summed E-state index contributed by atoms with van der Waals surface area (Å²) in [6.45, 7) is 3.24. The molecule has 0 aliphatic heterocycles. The molecule has 24 heavy (non-hydrogen) atoms. The van der Waals surface area contributed by atoms with Gasteiger partial charge in [-0.1, -0.05) is 62.7 Å². The molecule has 0 aliphatic carbocycles. The van der Waals surface area contributed by atoms with E-state index in [2.05, 4.69) is 15.0 Å². The highest BCUT2D eigenvalue weighted by molar-refractivity contribution is 5.62. The van der Waals surface area contributed by atoms with Gasteiger partial charge >= 0.3 is 0 Å². The van der Waals surface area contributed by atoms with E-state index in [1.807, 2.05) is 19.9 Å². The van der Waals surface area contributed by atoms with Crippen molar-refractivity contribution in [2.24, 2.45) is 0 Å². The van der Waals surface area contributed by atoms with E-state index in [1.165, 1.54) is 6.92 Å². The molecule has 1 heterocycles. The van der Waals surface area contributed by atoms with Gasteiger partial charge in [-0.2, -0.15) is 0 Å². The summed E-state index contributed by atoms with van der Waals surface area (Å²) < 4.78 is 38.9. The minimum atomic E-state index is -2.21. The average Bonchev–Trinajstić information content (AvgIpc) is 2.66. The van der Waals surface area contributed by atoms with E-state index in [9.17, 15) is 0 Å². The molecule has 0 amide bonds. The van der Waals surface area contributed by atoms with Gasteiger partial charge in [0.25, 0.3) is 0 Å². The lowest BCUT2D eigenvalue weighted by atomic mass is 10.1. The molecule has 122 valence electrons. The van der Waals surface area contributed by atoms with Crippen LogP contribution in [0.5, 0.6) is 0 Å². The molecule has 0 fully saturated rings. The first kappa shape index (κ1) is 11.1. The molecule has 0 radical (unpaired) electrons. The first-order valence-electron chi connectivity index (χ1n) is 10.4. The predicted molar refractivity (Wildman–Crippen MR) is 98.9 cm³/mol. The van der Waals surface area contributed by atoms with E-state index in [-0.39, 0.29) is 11.5 Å². The summed E-state index contributed by atoms with van der Waals surface area (Å²) in [7, 11) is 0.